The molecule has 2 aromatic carbocycles. The van der Waals surface area contributed by atoms with E-state index in [1.54, 1.807) is 0 Å². The number of amides is 1. The van der Waals surface area contributed by atoms with Crippen molar-refractivity contribution in [3.05, 3.63) is 65.2 Å². The fourth-order valence-corrected chi connectivity index (χ4v) is 3.30. The van der Waals surface area contributed by atoms with E-state index in [0.29, 0.717) is 16.6 Å². The van der Waals surface area contributed by atoms with Gasteiger partial charge in [-0.2, -0.15) is 0 Å². The van der Waals surface area contributed by atoms with E-state index >= 15 is 0 Å². The van der Waals surface area contributed by atoms with Crippen molar-refractivity contribution in [1.29, 1.82) is 0 Å². The molecule has 122 valence electrons. The first-order chi connectivity index (χ1) is 11.6. The largest absolute Gasteiger partial charge is 0.296 e. The third-order valence-electron chi connectivity index (χ3n) is 3.52. The van der Waals surface area contributed by atoms with Crippen molar-refractivity contribution in [1.82, 2.24) is 10.2 Å². The van der Waals surface area contributed by atoms with Crippen molar-refractivity contribution >= 4 is 22.4 Å². The highest BCUT2D eigenvalue weighted by Crippen LogP contribution is 2.21. The van der Waals surface area contributed by atoms with Crippen LogP contribution in [0.1, 0.15) is 29.2 Å². The Morgan fingerprint density at radius 1 is 1.00 bits per heavy atom. The average molecular weight is 337 g/mol. The molecule has 1 heterocycles. The third kappa shape index (κ3) is 4.06. The highest BCUT2D eigenvalue weighted by molar-refractivity contribution is 7.15. The lowest BCUT2D eigenvalue weighted by molar-refractivity contribution is 0.102. The molecule has 0 unspecified atom stereocenters. The SMILES string of the molecule is CC(C)Cc1nnc(NC(=O)c2ccc(-c3ccccc3)cc2)s1. The van der Waals surface area contributed by atoms with Crippen molar-refractivity contribution in [2.24, 2.45) is 5.92 Å². The molecule has 1 N–H and O–H groups in total. The van der Waals surface area contributed by atoms with Crippen molar-refractivity contribution in [2.75, 3.05) is 5.32 Å². The summed E-state index contributed by atoms with van der Waals surface area (Å²) in [4.78, 5) is 12.3. The van der Waals surface area contributed by atoms with Gasteiger partial charge in [0.1, 0.15) is 5.01 Å². The smallest absolute Gasteiger partial charge is 0.257 e. The molecule has 5 heteroatoms. The van der Waals surface area contributed by atoms with Gasteiger partial charge in [0, 0.05) is 12.0 Å². The van der Waals surface area contributed by atoms with Gasteiger partial charge in [-0.05, 0) is 29.2 Å². The summed E-state index contributed by atoms with van der Waals surface area (Å²) in [6, 6.07) is 17.6. The molecule has 0 saturated heterocycles. The minimum Gasteiger partial charge on any atom is -0.296 e. The summed E-state index contributed by atoms with van der Waals surface area (Å²) in [7, 11) is 0. The molecule has 0 radical (unpaired) electrons. The van der Waals surface area contributed by atoms with Crippen molar-refractivity contribution in [2.45, 2.75) is 20.3 Å². The Labute approximate surface area is 145 Å². The molecule has 0 aliphatic carbocycles. The molecular weight excluding hydrogens is 318 g/mol. The average Bonchev–Trinajstić information content (AvgIpc) is 3.02. The van der Waals surface area contributed by atoms with E-state index in [4.69, 9.17) is 0 Å². The van der Waals surface area contributed by atoms with E-state index in [1.807, 2.05) is 54.6 Å². The normalized spacial score (nSPS) is 10.8. The Morgan fingerprint density at radius 2 is 1.67 bits per heavy atom. The van der Waals surface area contributed by atoms with E-state index < -0.39 is 0 Å². The Bertz CT molecular complexity index is 810. The zero-order chi connectivity index (χ0) is 16.9. The maximum absolute atomic E-state index is 12.3. The van der Waals surface area contributed by atoms with Gasteiger partial charge < -0.3 is 0 Å². The number of nitrogens with zero attached hydrogens (tertiary/aromatic N) is 2. The standard InChI is InChI=1S/C19H19N3OS/c1-13(2)12-17-21-22-19(24-17)20-18(23)16-10-8-15(9-11-16)14-6-4-3-5-7-14/h3-11,13H,12H2,1-2H3,(H,20,22,23). The van der Waals surface area contributed by atoms with Crippen LogP contribution in [-0.2, 0) is 6.42 Å². The summed E-state index contributed by atoms with van der Waals surface area (Å²) in [5, 5.41) is 12.5. The van der Waals surface area contributed by atoms with Crippen LogP contribution in [0.2, 0.25) is 0 Å². The zero-order valence-corrected chi connectivity index (χ0v) is 14.5. The number of anilines is 1. The molecule has 4 nitrogen and oxygen atoms in total. The van der Waals surface area contributed by atoms with Crippen LogP contribution < -0.4 is 5.32 Å². The van der Waals surface area contributed by atoms with Crippen LogP contribution in [0.3, 0.4) is 0 Å². The van der Waals surface area contributed by atoms with Gasteiger partial charge in [-0.25, -0.2) is 0 Å². The van der Waals surface area contributed by atoms with E-state index in [9.17, 15) is 4.79 Å². The second-order valence-corrected chi connectivity index (χ2v) is 7.06. The Morgan fingerprint density at radius 3 is 2.33 bits per heavy atom. The van der Waals surface area contributed by atoms with E-state index in [0.717, 1.165) is 22.6 Å². The minimum absolute atomic E-state index is 0.165. The molecule has 0 bridgehead atoms. The van der Waals surface area contributed by atoms with Gasteiger partial charge >= 0.3 is 0 Å². The van der Waals surface area contributed by atoms with Gasteiger partial charge in [-0.15, -0.1) is 10.2 Å². The van der Waals surface area contributed by atoms with Crippen molar-refractivity contribution in [3.63, 3.8) is 0 Å². The van der Waals surface area contributed by atoms with Crippen molar-refractivity contribution in [3.8, 4) is 11.1 Å². The summed E-state index contributed by atoms with van der Waals surface area (Å²) >= 11 is 1.43. The zero-order valence-electron chi connectivity index (χ0n) is 13.7. The van der Waals surface area contributed by atoms with Gasteiger partial charge in [0.2, 0.25) is 5.13 Å². The lowest BCUT2D eigenvalue weighted by Gasteiger charge is -2.04. The first kappa shape index (κ1) is 16.3. The van der Waals surface area contributed by atoms with Gasteiger partial charge in [0.05, 0.1) is 0 Å². The summed E-state index contributed by atoms with van der Waals surface area (Å²) in [6.45, 7) is 4.27. The lowest BCUT2D eigenvalue weighted by atomic mass is 10.0. The fourth-order valence-electron chi connectivity index (χ4n) is 2.35. The Hall–Kier alpha value is -2.53. The molecule has 24 heavy (non-hydrogen) atoms. The second kappa shape index (κ2) is 7.36. The Kier molecular flexibility index (Phi) is 5.01. The third-order valence-corrected chi connectivity index (χ3v) is 4.39. The Balaban J connectivity index is 1.68. The molecule has 0 fully saturated rings. The van der Waals surface area contributed by atoms with E-state index in [1.165, 1.54) is 11.3 Å². The van der Waals surface area contributed by atoms with Crippen LogP contribution in [0.25, 0.3) is 11.1 Å². The number of hydrogen-bond donors (Lipinski definition) is 1. The molecule has 0 aliphatic rings. The minimum atomic E-state index is -0.165. The van der Waals surface area contributed by atoms with Crippen LogP contribution in [0, 0.1) is 5.92 Å². The van der Waals surface area contributed by atoms with Crippen LogP contribution in [0.5, 0.6) is 0 Å². The van der Waals surface area contributed by atoms with Gasteiger partial charge in [0.15, 0.2) is 0 Å². The van der Waals surface area contributed by atoms with Gasteiger partial charge in [-0.3, -0.25) is 10.1 Å². The maximum Gasteiger partial charge on any atom is 0.257 e. The monoisotopic (exact) mass is 337 g/mol. The molecule has 0 aliphatic heterocycles. The molecule has 3 rings (SSSR count). The topological polar surface area (TPSA) is 54.9 Å². The van der Waals surface area contributed by atoms with Crippen LogP contribution in [0.4, 0.5) is 5.13 Å². The molecule has 1 aromatic heterocycles. The van der Waals surface area contributed by atoms with Crippen molar-refractivity contribution < 1.29 is 4.79 Å². The van der Waals surface area contributed by atoms with Crippen LogP contribution >= 0.6 is 11.3 Å². The number of aromatic nitrogens is 2. The summed E-state index contributed by atoms with van der Waals surface area (Å²) in [6.07, 6.45) is 0.874. The number of carbonyl (C=O) groups is 1. The second-order valence-electron chi connectivity index (χ2n) is 6.00. The van der Waals surface area contributed by atoms with Gasteiger partial charge in [-0.1, -0.05) is 67.6 Å². The summed E-state index contributed by atoms with van der Waals surface area (Å²) in [5.41, 5.74) is 2.82. The van der Waals surface area contributed by atoms with Crippen LogP contribution in [-0.4, -0.2) is 16.1 Å². The van der Waals surface area contributed by atoms with E-state index in [-0.39, 0.29) is 5.91 Å². The first-order valence-electron chi connectivity index (χ1n) is 7.91. The predicted molar refractivity (Wildman–Crippen MR) is 98.3 cm³/mol. The first-order valence-corrected chi connectivity index (χ1v) is 8.72. The van der Waals surface area contributed by atoms with Gasteiger partial charge in [0.25, 0.3) is 5.91 Å². The van der Waals surface area contributed by atoms with E-state index in [2.05, 4.69) is 29.4 Å². The predicted octanol–water partition coefficient (Wildman–Crippen LogP) is 4.66. The van der Waals surface area contributed by atoms with Crippen LogP contribution in [0.15, 0.2) is 54.6 Å². The number of rotatable bonds is 5. The fraction of sp³-hybridized carbons (Fsp3) is 0.211. The number of hydrogen-bond acceptors (Lipinski definition) is 4. The molecule has 1 amide bonds. The quantitative estimate of drug-likeness (QED) is 0.737. The highest BCUT2D eigenvalue weighted by atomic mass is 32.1. The molecule has 3 aromatic rings. The molecule has 0 spiro atoms. The number of carbonyl (C=O) groups excluding carboxylic acids is 1. The molecular formula is C19H19N3OS. The number of nitrogens with one attached hydrogen (secondary N) is 1. The maximum atomic E-state index is 12.3. The summed E-state index contributed by atoms with van der Waals surface area (Å²) in [5.74, 6) is 0.355. The molecule has 0 atom stereocenters. The lowest BCUT2D eigenvalue weighted by Crippen LogP contribution is -2.11. The summed E-state index contributed by atoms with van der Waals surface area (Å²) < 4.78 is 0. The number of benzene rings is 2. The highest BCUT2D eigenvalue weighted by Gasteiger charge is 2.11. The molecule has 0 saturated carbocycles.